The molecule has 0 aliphatic carbocycles. The van der Waals surface area contributed by atoms with E-state index in [2.05, 4.69) is 10.6 Å². The second kappa shape index (κ2) is 7.65. The van der Waals surface area contributed by atoms with Crippen LogP contribution < -0.4 is 10.6 Å². The lowest BCUT2D eigenvalue weighted by Gasteiger charge is -2.09. The molecule has 1 heterocycles. The summed E-state index contributed by atoms with van der Waals surface area (Å²) in [4.78, 5) is 35.0. The molecule has 0 atom stereocenters. The summed E-state index contributed by atoms with van der Waals surface area (Å²) in [6.45, 7) is 5.36. The molecule has 132 valence electrons. The monoisotopic (exact) mass is 344 g/mol. The predicted octanol–water partition coefficient (Wildman–Crippen LogP) is 2.35. The van der Waals surface area contributed by atoms with Gasteiger partial charge in [0.2, 0.25) is 0 Å². The third kappa shape index (κ3) is 4.69. The summed E-state index contributed by atoms with van der Waals surface area (Å²) in [6, 6.07) is 7.68. The summed E-state index contributed by atoms with van der Waals surface area (Å²) in [7, 11) is 0. The molecule has 2 aromatic rings. The first-order valence-electron chi connectivity index (χ1n) is 7.79. The number of furan rings is 1. The van der Waals surface area contributed by atoms with Crippen LogP contribution in [0.4, 0.5) is 0 Å². The molecule has 1 aromatic carbocycles. The van der Waals surface area contributed by atoms with E-state index in [-0.39, 0.29) is 35.7 Å². The quantitative estimate of drug-likeness (QED) is 0.745. The highest BCUT2D eigenvalue weighted by molar-refractivity contribution is 5.97. The lowest BCUT2D eigenvalue weighted by atomic mass is 10.1. The molecule has 7 heteroatoms. The topological polar surface area (TPSA) is 109 Å². The van der Waals surface area contributed by atoms with Gasteiger partial charge in [-0.25, -0.2) is 4.79 Å². The number of rotatable bonds is 6. The Kier molecular flexibility index (Phi) is 5.59. The second-order valence-electron chi connectivity index (χ2n) is 5.88. The number of nitrogens with one attached hydrogen (secondary N) is 2. The van der Waals surface area contributed by atoms with Crippen LogP contribution in [0.15, 0.2) is 34.7 Å². The van der Waals surface area contributed by atoms with Crippen LogP contribution in [0.2, 0.25) is 0 Å². The van der Waals surface area contributed by atoms with Gasteiger partial charge in [0.25, 0.3) is 11.8 Å². The molecule has 0 unspecified atom stereocenters. The fraction of sp³-hybridized carbons (Fsp3) is 0.278. The number of carboxylic acid groups (broad SMARTS) is 1. The van der Waals surface area contributed by atoms with Gasteiger partial charge in [0.15, 0.2) is 0 Å². The van der Waals surface area contributed by atoms with Gasteiger partial charge in [-0.05, 0) is 51.1 Å². The maximum atomic E-state index is 12.1. The smallest absolute Gasteiger partial charge is 0.339 e. The first-order valence-corrected chi connectivity index (χ1v) is 7.79. The van der Waals surface area contributed by atoms with Gasteiger partial charge in [-0.1, -0.05) is 0 Å². The standard InChI is InChI=1S/C18H20N2O5/c1-10(2)20-17(22)13-6-4-12(5-7-13)16(21)19-9-14-8-15(18(23)24)11(3)25-14/h4-8,10H,9H2,1-3H3,(H,19,21)(H,20,22)(H,23,24). The molecule has 7 nitrogen and oxygen atoms in total. The molecule has 0 spiro atoms. The van der Waals surface area contributed by atoms with E-state index in [9.17, 15) is 14.4 Å². The van der Waals surface area contributed by atoms with Crippen molar-refractivity contribution in [2.75, 3.05) is 0 Å². The minimum absolute atomic E-state index is 0.0305. The molecule has 2 amide bonds. The van der Waals surface area contributed by atoms with E-state index in [1.165, 1.54) is 6.07 Å². The zero-order valence-electron chi connectivity index (χ0n) is 14.3. The molecule has 2 rings (SSSR count). The summed E-state index contributed by atoms with van der Waals surface area (Å²) in [5.41, 5.74) is 0.936. The highest BCUT2D eigenvalue weighted by Gasteiger charge is 2.15. The molecular formula is C18H20N2O5. The van der Waals surface area contributed by atoms with Gasteiger partial charge in [-0.2, -0.15) is 0 Å². The van der Waals surface area contributed by atoms with Crippen LogP contribution in [-0.4, -0.2) is 28.9 Å². The summed E-state index contributed by atoms with van der Waals surface area (Å²) < 4.78 is 5.30. The number of benzene rings is 1. The number of carbonyl (C=O) groups excluding carboxylic acids is 2. The summed E-state index contributed by atoms with van der Waals surface area (Å²) in [5, 5.41) is 14.4. The second-order valence-corrected chi connectivity index (χ2v) is 5.88. The number of carboxylic acids is 1. The van der Waals surface area contributed by atoms with Gasteiger partial charge < -0.3 is 20.2 Å². The van der Waals surface area contributed by atoms with Crippen molar-refractivity contribution in [3.05, 3.63) is 58.5 Å². The average molecular weight is 344 g/mol. The number of aryl methyl sites for hydroxylation is 1. The Labute approximate surface area is 145 Å². The maximum Gasteiger partial charge on any atom is 0.339 e. The van der Waals surface area contributed by atoms with Crippen LogP contribution in [0.5, 0.6) is 0 Å². The van der Waals surface area contributed by atoms with Gasteiger partial charge in [0.1, 0.15) is 17.1 Å². The van der Waals surface area contributed by atoms with Crippen molar-refractivity contribution >= 4 is 17.8 Å². The molecule has 3 N–H and O–H groups in total. The Morgan fingerprint density at radius 2 is 1.64 bits per heavy atom. The fourth-order valence-corrected chi connectivity index (χ4v) is 2.23. The van der Waals surface area contributed by atoms with Gasteiger partial charge in [-0.3, -0.25) is 9.59 Å². The molecule has 0 saturated carbocycles. The SMILES string of the molecule is Cc1oc(CNC(=O)c2ccc(C(=O)NC(C)C)cc2)cc1C(=O)O. The number of amides is 2. The lowest BCUT2D eigenvalue weighted by Crippen LogP contribution is -2.30. The van der Waals surface area contributed by atoms with Crippen molar-refractivity contribution in [2.45, 2.75) is 33.4 Å². The molecule has 0 saturated heterocycles. The van der Waals surface area contributed by atoms with Gasteiger partial charge in [0, 0.05) is 17.2 Å². The minimum atomic E-state index is -1.07. The van der Waals surface area contributed by atoms with Gasteiger partial charge >= 0.3 is 5.97 Å². The fourth-order valence-electron chi connectivity index (χ4n) is 2.23. The molecule has 0 bridgehead atoms. The van der Waals surface area contributed by atoms with Crippen molar-refractivity contribution in [1.29, 1.82) is 0 Å². The number of aromatic carboxylic acids is 1. The van der Waals surface area contributed by atoms with Gasteiger partial charge in [-0.15, -0.1) is 0 Å². The Morgan fingerprint density at radius 1 is 1.08 bits per heavy atom. The van der Waals surface area contributed by atoms with Crippen LogP contribution in [0, 0.1) is 6.92 Å². The highest BCUT2D eigenvalue weighted by atomic mass is 16.4. The summed E-state index contributed by atoms with van der Waals surface area (Å²) in [6.07, 6.45) is 0. The molecule has 0 fully saturated rings. The molecule has 0 aliphatic rings. The molecule has 0 radical (unpaired) electrons. The van der Waals surface area contributed by atoms with Crippen LogP contribution in [0.25, 0.3) is 0 Å². The van der Waals surface area contributed by atoms with E-state index < -0.39 is 5.97 Å². The molecule has 0 aliphatic heterocycles. The average Bonchev–Trinajstić information content (AvgIpc) is 2.93. The predicted molar refractivity (Wildman–Crippen MR) is 90.6 cm³/mol. The van der Waals surface area contributed by atoms with Gasteiger partial charge in [0.05, 0.1) is 6.54 Å². The summed E-state index contributed by atoms with van der Waals surface area (Å²) >= 11 is 0. The number of hydrogen-bond acceptors (Lipinski definition) is 4. The third-order valence-electron chi connectivity index (χ3n) is 3.45. The number of carbonyl (C=O) groups is 3. The van der Waals surface area contributed by atoms with E-state index in [0.29, 0.717) is 16.9 Å². The maximum absolute atomic E-state index is 12.1. The Morgan fingerprint density at radius 3 is 2.12 bits per heavy atom. The first-order chi connectivity index (χ1) is 11.8. The summed E-state index contributed by atoms with van der Waals surface area (Å²) in [5.74, 6) is -0.974. The first kappa shape index (κ1) is 18.3. The third-order valence-corrected chi connectivity index (χ3v) is 3.45. The molecule has 1 aromatic heterocycles. The normalized spacial score (nSPS) is 10.6. The largest absolute Gasteiger partial charge is 0.478 e. The Hall–Kier alpha value is -3.09. The molecule has 25 heavy (non-hydrogen) atoms. The zero-order chi connectivity index (χ0) is 18.6. The van der Waals surface area contributed by atoms with E-state index in [4.69, 9.17) is 9.52 Å². The van der Waals surface area contributed by atoms with Crippen LogP contribution in [0.1, 0.15) is 56.4 Å². The van der Waals surface area contributed by atoms with E-state index in [0.717, 1.165) is 0 Å². The Balaban J connectivity index is 1.98. The number of hydrogen-bond donors (Lipinski definition) is 3. The Bertz CT molecular complexity index is 790. The van der Waals surface area contributed by atoms with E-state index >= 15 is 0 Å². The molecular weight excluding hydrogens is 324 g/mol. The van der Waals surface area contributed by atoms with Crippen molar-refractivity contribution in [2.24, 2.45) is 0 Å². The van der Waals surface area contributed by atoms with Crippen LogP contribution in [0.3, 0.4) is 0 Å². The van der Waals surface area contributed by atoms with E-state index in [1.54, 1.807) is 31.2 Å². The van der Waals surface area contributed by atoms with Crippen LogP contribution in [-0.2, 0) is 6.54 Å². The van der Waals surface area contributed by atoms with Crippen molar-refractivity contribution in [3.8, 4) is 0 Å². The zero-order valence-corrected chi connectivity index (χ0v) is 14.3. The van der Waals surface area contributed by atoms with Crippen LogP contribution >= 0.6 is 0 Å². The highest BCUT2D eigenvalue weighted by Crippen LogP contribution is 2.14. The van der Waals surface area contributed by atoms with Crippen molar-refractivity contribution in [3.63, 3.8) is 0 Å². The van der Waals surface area contributed by atoms with Crippen molar-refractivity contribution in [1.82, 2.24) is 10.6 Å². The lowest BCUT2D eigenvalue weighted by molar-refractivity contribution is 0.0694. The van der Waals surface area contributed by atoms with E-state index in [1.807, 2.05) is 13.8 Å². The minimum Gasteiger partial charge on any atom is -0.478 e. The van der Waals surface area contributed by atoms with Crippen molar-refractivity contribution < 1.29 is 23.9 Å².